The number of hydrogen-bond donors (Lipinski definition) is 0. The molecule has 0 spiro atoms. The minimum Gasteiger partial charge on any atom is -0.404 e. The first-order chi connectivity index (χ1) is 7.39. The van der Waals surface area contributed by atoms with Crippen LogP contribution in [0.3, 0.4) is 0 Å². The zero-order valence-electron chi connectivity index (χ0n) is 7.52. The molecule has 1 aromatic heterocycles. The lowest BCUT2D eigenvalue weighted by Crippen LogP contribution is -2.19. The summed E-state index contributed by atoms with van der Waals surface area (Å²) in [4.78, 5) is 14.1. The molecule has 3 nitrogen and oxygen atoms in total. The molecule has 0 aliphatic carbocycles. The van der Waals surface area contributed by atoms with Gasteiger partial charge in [-0.3, -0.25) is 4.79 Å². The number of rotatable bonds is 3. The van der Waals surface area contributed by atoms with Crippen molar-refractivity contribution in [2.45, 2.75) is 11.7 Å². The Kier molecular flexibility index (Phi) is 4.53. The fourth-order valence-electron chi connectivity index (χ4n) is 0.945. The number of aromatic nitrogens is 1. The van der Waals surface area contributed by atoms with Gasteiger partial charge >= 0.3 is 6.36 Å². The lowest BCUT2D eigenvalue weighted by atomic mass is 10.2. The minimum absolute atomic E-state index is 0.0876. The third-order valence-electron chi connectivity index (χ3n) is 1.58. The first kappa shape index (κ1) is 13.7. The van der Waals surface area contributed by atoms with Crippen molar-refractivity contribution in [3.8, 4) is 5.75 Å². The molecule has 0 aliphatic rings. The summed E-state index contributed by atoms with van der Waals surface area (Å²) >= 11 is 4.78. The fraction of sp³-hybridized carbons (Fsp3) is 0.250. The van der Waals surface area contributed by atoms with Crippen LogP contribution in [0, 0.1) is 3.57 Å². The van der Waals surface area contributed by atoms with E-state index in [1.54, 1.807) is 22.6 Å². The molecule has 0 bridgehead atoms. The maximum atomic E-state index is 12.0. The van der Waals surface area contributed by atoms with Crippen LogP contribution in [0.2, 0.25) is 0 Å². The smallest absolute Gasteiger partial charge is 0.404 e. The van der Waals surface area contributed by atoms with Gasteiger partial charge in [0.25, 0.3) is 0 Å². The van der Waals surface area contributed by atoms with Gasteiger partial charge in [0.05, 0.1) is 6.20 Å². The third kappa shape index (κ3) is 3.30. The molecule has 0 radical (unpaired) electrons. The lowest BCUT2D eigenvalue weighted by molar-refractivity contribution is -0.275. The molecule has 1 heterocycles. The Morgan fingerprint density at radius 2 is 2.19 bits per heavy atom. The van der Waals surface area contributed by atoms with Crippen molar-refractivity contribution in [1.82, 2.24) is 4.98 Å². The Balaban J connectivity index is 3.21. The lowest BCUT2D eigenvalue weighted by Gasteiger charge is -2.13. The highest BCUT2D eigenvalue weighted by Crippen LogP contribution is 2.31. The van der Waals surface area contributed by atoms with Crippen LogP contribution < -0.4 is 4.74 Å². The molecule has 0 aromatic carbocycles. The van der Waals surface area contributed by atoms with Gasteiger partial charge in [0.1, 0.15) is 5.69 Å². The van der Waals surface area contributed by atoms with E-state index in [0.29, 0.717) is 9.86 Å². The largest absolute Gasteiger partial charge is 0.573 e. The highest BCUT2D eigenvalue weighted by Gasteiger charge is 2.32. The second-order valence-electron chi connectivity index (χ2n) is 2.60. The number of ether oxygens (including phenoxy) is 1. The van der Waals surface area contributed by atoms with E-state index in [1.807, 2.05) is 0 Å². The van der Waals surface area contributed by atoms with Crippen LogP contribution in [-0.2, 0) is 5.33 Å². The molecule has 1 aromatic rings. The highest BCUT2D eigenvalue weighted by atomic mass is 127. The van der Waals surface area contributed by atoms with Crippen molar-refractivity contribution in [1.29, 1.82) is 0 Å². The standard InChI is InChI=1S/C8H4BrF3INO2/c9-1-4-6(16-8(10,11)12)2-14-5(3-15)7(4)13/h2-3H,1H2. The molecule has 88 valence electrons. The Morgan fingerprint density at radius 1 is 1.56 bits per heavy atom. The zero-order valence-corrected chi connectivity index (χ0v) is 11.3. The average molecular weight is 410 g/mol. The molecule has 0 saturated heterocycles. The SMILES string of the molecule is O=Cc1ncc(OC(F)(F)F)c(CBr)c1I. The first-order valence-electron chi connectivity index (χ1n) is 3.83. The van der Waals surface area contributed by atoms with Crippen LogP contribution in [0.1, 0.15) is 16.1 Å². The maximum absolute atomic E-state index is 12.0. The van der Waals surface area contributed by atoms with Gasteiger partial charge in [-0.2, -0.15) is 0 Å². The summed E-state index contributed by atoms with van der Waals surface area (Å²) in [6, 6.07) is 0. The van der Waals surface area contributed by atoms with Gasteiger partial charge in [-0.05, 0) is 22.6 Å². The average Bonchev–Trinajstić information content (AvgIpc) is 2.16. The van der Waals surface area contributed by atoms with Gasteiger partial charge in [0.2, 0.25) is 0 Å². The van der Waals surface area contributed by atoms with Crippen molar-refractivity contribution >= 4 is 44.8 Å². The monoisotopic (exact) mass is 409 g/mol. The molecular weight excluding hydrogens is 406 g/mol. The van der Waals surface area contributed by atoms with E-state index in [4.69, 9.17) is 0 Å². The first-order valence-corrected chi connectivity index (χ1v) is 6.03. The Bertz CT molecular complexity index is 411. The summed E-state index contributed by atoms with van der Waals surface area (Å²) < 4.78 is 40.2. The molecule has 0 aliphatic heterocycles. The number of carbonyl (C=O) groups excluding carboxylic acids is 1. The number of hydrogen-bond acceptors (Lipinski definition) is 3. The van der Waals surface area contributed by atoms with Crippen LogP contribution in [0.25, 0.3) is 0 Å². The topological polar surface area (TPSA) is 39.2 Å². The quantitative estimate of drug-likeness (QED) is 0.437. The molecule has 0 fully saturated rings. The number of pyridine rings is 1. The summed E-state index contributed by atoms with van der Waals surface area (Å²) in [5.74, 6) is -0.403. The molecule has 1 rings (SSSR count). The molecule has 0 amide bonds. The summed E-state index contributed by atoms with van der Waals surface area (Å²) in [5.41, 5.74) is 0.333. The van der Waals surface area contributed by atoms with E-state index >= 15 is 0 Å². The van der Waals surface area contributed by atoms with Gasteiger partial charge in [-0.25, -0.2) is 4.98 Å². The molecule has 0 saturated carbocycles. The Morgan fingerprint density at radius 3 is 2.62 bits per heavy atom. The Labute approximate surface area is 111 Å². The Hall–Kier alpha value is -0.380. The van der Waals surface area contributed by atoms with Crippen LogP contribution in [0.5, 0.6) is 5.75 Å². The van der Waals surface area contributed by atoms with E-state index < -0.39 is 12.1 Å². The number of alkyl halides is 4. The molecule has 0 N–H and O–H groups in total. The van der Waals surface area contributed by atoms with Crippen molar-refractivity contribution < 1.29 is 22.7 Å². The second-order valence-corrected chi connectivity index (χ2v) is 4.24. The molecule has 0 atom stereocenters. The van der Waals surface area contributed by atoms with E-state index in [-0.39, 0.29) is 16.6 Å². The second kappa shape index (κ2) is 5.30. The maximum Gasteiger partial charge on any atom is 0.573 e. The van der Waals surface area contributed by atoms with Crippen LogP contribution in [0.4, 0.5) is 13.2 Å². The van der Waals surface area contributed by atoms with Gasteiger partial charge < -0.3 is 4.74 Å². The van der Waals surface area contributed by atoms with Crippen LogP contribution in [-0.4, -0.2) is 17.6 Å². The summed E-state index contributed by atoms with van der Waals surface area (Å²) in [6.07, 6.45) is -3.41. The number of nitrogens with zero attached hydrogens (tertiary/aromatic N) is 1. The number of aldehydes is 1. The molecule has 16 heavy (non-hydrogen) atoms. The van der Waals surface area contributed by atoms with Crippen molar-refractivity contribution in [2.24, 2.45) is 0 Å². The van der Waals surface area contributed by atoms with Crippen molar-refractivity contribution in [3.63, 3.8) is 0 Å². The molecular formula is C8H4BrF3INO2. The highest BCUT2D eigenvalue weighted by molar-refractivity contribution is 14.1. The van der Waals surface area contributed by atoms with Gasteiger partial charge in [-0.15, -0.1) is 13.2 Å². The van der Waals surface area contributed by atoms with Crippen LogP contribution >= 0.6 is 38.5 Å². The number of halogens is 5. The van der Waals surface area contributed by atoms with Gasteiger partial charge in [0, 0.05) is 14.5 Å². The molecule has 0 unspecified atom stereocenters. The van der Waals surface area contributed by atoms with E-state index in [2.05, 4.69) is 25.7 Å². The summed E-state index contributed by atoms with van der Waals surface area (Å²) in [6.45, 7) is 0. The normalized spacial score (nSPS) is 11.3. The predicted octanol–water partition coefficient (Wildman–Crippen LogP) is 3.29. The molecule has 8 heteroatoms. The van der Waals surface area contributed by atoms with E-state index in [1.165, 1.54) is 0 Å². The van der Waals surface area contributed by atoms with Crippen molar-refractivity contribution in [3.05, 3.63) is 21.0 Å². The van der Waals surface area contributed by atoms with Crippen LogP contribution in [0.15, 0.2) is 6.20 Å². The van der Waals surface area contributed by atoms with Crippen molar-refractivity contribution in [2.75, 3.05) is 0 Å². The van der Waals surface area contributed by atoms with Gasteiger partial charge in [0.15, 0.2) is 12.0 Å². The number of carbonyl (C=O) groups is 1. The predicted molar refractivity (Wildman–Crippen MR) is 61.7 cm³/mol. The van der Waals surface area contributed by atoms with Gasteiger partial charge in [-0.1, -0.05) is 15.9 Å². The van der Waals surface area contributed by atoms with E-state index in [0.717, 1.165) is 6.20 Å². The third-order valence-corrected chi connectivity index (χ3v) is 3.34. The summed E-state index contributed by atoms with van der Waals surface area (Å²) in [7, 11) is 0. The fourth-order valence-corrected chi connectivity index (χ4v) is 2.75. The zero-order chi connectivity index (χ0) is 12.3. The minimum atomic E-state index is -4.77. The summed E-state index contributed by atoms with van der Waals surface area (Å²) in [5, 5.41) is 0.139. The van der Waals surface area contributed by atoms with E-state index in [9.17, 15) is 18.0 Å².